The molecule has 0 aromatic heterocycles. The summed E-state index contributed by atoms with van der Waals surface area (Å²) >= 11 is 0. The molecule has 9 heteroatoms. The highest BCUT2D eigenvalue weighted by Crippen LogP contribution is 2.60. The van der Waals surface area contributed by atoms with Crippen molar-refractivity contribution < 1.29 is 28.9 Å². The largest absolute Gasteiger partial charge is 0.497 e. The summed E-state index contributed by atoms with van der Waals surface area (Å²) in [5, 5.41) is 11.5. The standard InChI is InChI=1S/C43H42N2O6Si/c1-28-40(52(3,4)32-23-21-31(49-2)22-24-32)39(25-26-46)51-43(28)34-12-6-7-13-35(34)44(42(43)48)27-29-17-19-30(20-18-29)45-36-14-8-10-16-38(36)50-37-15-9-5-11-33(37)41(45)47/h5-24,28,39-40,46H,25-27H2,1-4H3/t28-,39+,40-,43+/m1/s1. The number of para-hydroxylation sites is 4. The van der Waals surface area contributed by atoms with E-state index in [0.717, 1.165) is 22.6 Å². The van der Waals surface area contributed by atoms with Gasteiger partial charge in [-0.05, 0) is 72.1 Å². The number of fused-ring (bicyclic) bond motifs is 4. The normalized spacial score (nSPS) is 22.1. The molecule has 5 aromatic rings. The Morgan fingerprint density at radius 2 is 1.46 bits per heavy atom. The van der Waals surface area contributed by atoms with Crippen LogP contribution in [0.1, 0.15) is 34.8 Å². The molecule has 1 fully saturated rings. The summed E-state index contributed by atoms with van der Waals surface area (Å²) in [4.78, 5) is 32.5. The minimum absolute atomic E-state index is 0.0232. The minimum atomic E-state index is -2.27. The average Bonchev–Trinajstić information content (AvgIpc) is 3.54. The summed E-state index contributed by atoms with van der Waals surface area (Å²) in [7, 11) is -0.603. The third kappa shape index (κ3) is 5.26. The van der Waals surface area contributed by atoms with Gasteiger partial charge >= 0.3 is 0 Å². The number of methoxy groups -OCH3 is 1. The summed E-state index contributed by atoms with van der Waals surface area (Å²) in [6.45, 7) is 7.14. The maximum atomic E-state index is 15.0. The second kappa shape index (κ2) is 13.1. The SMILES string of the molecule is COc1ccc([Si](C)(C)[C@H]2[C@H](CCO)O[C@@]3(C(=O)N(Cc4ccc(N5C(=O)c6ccccc6Oc6ccccc65)cc4)c4ccccc43)[C@@H]2C)cc1. The number of aliphatic hydroxyl groups is 1. The van der Waals surface area contributed by atoms with E-state index in [2.05, 4.69) is 32.2 Å². The molecule has 1 saturated heterocycles. The van der Waals surface area contributed by atoms with Gasteiger partial charge in [0.2, 0.25) is 0 Å². The van der Waals surface area contributed by atoms with Crippen molar-refractivity contribution in [3.05, 3.63) is 138 Å². The van der Waals surface area contributed by atoms with Crippen molar-refractivity contribution in [1.29, 1.82) is 0 Å². The Bertz CT molecular complexity index is 2150. The van der Waals surface area contributed by atoms with Crippen LogP contribution in [0.2, 0.25) is 18.6 Å². The van der Waals surface area contributed by atoms with Crippen LogP contribution in [0.25, 0.3) is 0 Å². The van der Waals surface area contributed by atoms with Gasteiger partial charge in [0.15, 0.2) is 11.4 Å². The Hall–Kier alpha value is -5.22. The number of nitrogens with zero attached hydrogens (tertiary/aromatic N) is 2. The van der Waals surface area contributed by atoms with Gasteiger partial charge in [0, 0.05) is 23.8 Å². The van der Waals surface area contributed by atoms with Gasteiger partial charge in [-0.2, -0.15) is 0 Å². The lowest BCUT2D eigenvalue weighted by atomic mass is 9.82. The molecule has 1 N–H and O–H groups in total. The van der Waals surface area contributed by atoms with Gasteiger partial charge in [-0.3, -0.25) is 14.5 Å². The molecule has 4 atom stereocenters. The molecule has 52 heavy (non-hydrogen) atoms. The van der Waals surface area contributed by atoms with Crippen LogP contribution in [0.5, 0.6) is 17.2 Å². The fourth-order valence-corrected chi connectivity index (χ4v) is 12.9. The van der Waals surface area contributed by atoms with Crippen LogP contribution in [0.15, 0.2) is 121 Å². The van der Waals surface area contributed by atoms with Crippen LogP contribution in [0, 0.1) is 5.92 Å². The first-order chi connectivity index (χ1) is 25.2. The Balaban J connectivity index is 1.12. The molecule has 3 heterocycles. The number of aliphatic hydroxyl groups excluding tert-OH is 1. The minimum Gasteiger partial charge on any atom is -0.497 e. The van der Waals surface area contributed by atoms with Gasteiger partial charge in [0.25, 0.3) is 11.8 Å². The number of amides is 2. The maximum Gasteiger partial charge on any atom is 0.266 e. The molecular weight excluding hydrogens is 669 g/mol. The van der Waals surface area contributed by atoms with E-state index in [0.29, 0.717) is 41.4 Å². The maximum absolute atomic E-state index is 15.0. The lowest BCUT2D eigenvalue weighted by Crippen LogP contribution is -2.51. The van der Waals surface area contributed by atoms with Crippen molar-refractivity contribution in [2.75, 3.05) is 23.5 Å². The lowest BCUT2D eigenvalue weighted by molar-refractivity contribution is -0.146. The number of ether oxygens (including phenoxy) is 3. The van der Waals surface area contributed by atoms with Crippen LogP contribution >= 0.6 is 0 Å². The number of rotatable bonds is 8. The highest BCUT2D eigenvalue weighted by Gasteiger charge is 2.66. The second-order valence-electron chi connectivity index (χ2n) is 14.5. The van der Waals surface area contributed by atoms with Crippen molar-refractivity contribution in [2.24, 2.45) is 5.92 Å². The number of hydrogen-bond acceptors (Lipinski definition) is 6. The van der Waals surface area contributed by atoms with Gasteiger partial charge in [-0.25, -0.2) is 0 Å². The third-order valence-corrected chi connectivity index (χ3v) is 15.7. The van der Waals surface area contributed by atoms with Crippen molar-refractivity contribution in [3.63, 3.8) is 0 Å². The topological polar surface area (TPSA) is 88.5 Å². The Kier molecular flexibility index (Phi) is 8.52. The first-order valence-electron chi connectivity index (χ1n) is 17.8. The molecule has 8 nitrogen and oxygen atoms in total. The molecule has 0 saturated carbocycles. The van der Waals surface area contributed by atoms with E-state index >= 15 is 0 Å². The van der Waals surface area contributed by atoms with Crippen molar-refractivity contribution >= 4 is 42.1 Å². The van der Waals surface area contributed by atoms with Gasteiger partial charge in [-0.1, -0.05) is 91.9 Å². The third-order valence-electron chi connectivity index (χ3n) is 11.3. The lowest BCUT2D eigenvalue weighted by Gasteiger charge is -2.37. The summed E-state index contributed by atoms with van der Waals surface area (Å²) in [5.41, 5.74) is 3.34. The number of benzene rings is 5. The van der Waals surface area contributed by atoms with Crippen molar-refractivity contribution in [3.8, 4) is 17.2 Å². The van der Waals surface area contributed by atoms with Crippen LogP contribution < -0.4 is 24.5 Å². The molecule has 0 bridgehead atoms. The zero-order valence-electron chi connectivity index (χ0n) is 29.8. The van der Waals surface area contributed by atoms with Crippen LogP contribution in [-0.4, -0.2) is 44.8 Å². The predicted octanol–water partition coefficient (Wildman–Crippen LogP) is 7.92. The number of carbonyl (C=O) groups excluding carboxylic acids is 2. The Morgan fingerprint density at radius 3 is 2.17 bits per heavy atom. The summed E-state index contributed by atoms with van der Waals surface area (Å²) in [6.07, 6.45) is 0.164. The molecule has 2 amide bonds. The van der Waals surface area contributed by atoms with E-state index < -0.39 is 13.7 Å². The number of carbonyl (C=O) groups is 2. The van der Waals surface area contributed by atoms with E-state index in [-0.39, 0.29) is 36.0 Å². The highest BCUT2D eigenvalue weighted by molar-refractivity contribution is 6.91. The Morgan fingerprint density at radius 1 is 0.808 bits per heavy atom. The summed E-state index contributed by atoms with van der Waals surface area (Å²) < 4.78 is 18.6. The molecule has 0 radical (unpaired) electrons. The molecule has 0 unspecified atom stereocenters. The molecule has 5 aromatic carbocycles. The summed E-state index contributed by atoms with van der Waals surface area (Å²) in [6, 6.07) is 38.8. The molecule has 1 spiro atoms. The molecule has 3 aliphatic rings. The van der Waals surface area contributed by atoms with Gasteiger partial charge in [-0.15, -0.1) is 0 Å². The quantitative estimate of drug-likeness (QED) is 0.165. The van der Waals surface area contributed by atoms with E-state index in [1.807, 2.05) is 102 Å². The zero-order chi connectivity index (χ0) is 36.2. The summed E-state index contributed by atoms with van der Waals surface area (Å²) in [5.74, 6) is 1.50. The second-order valence-corrected chi connectivity index (χ2v) is 19.1. The number of anilines is 3. The van der Waals surface area contributed by atoms with E-state index in [1.165, 1.54) is 5.19 Å². The smallest absolute Gasteiger partial charge is 0.266 e. The first-order valence-corrected chi connectivity index (χ1v) is 20.9. The first kappa shape index (κ1) is 33.9. The molecule has 3 aliphatic heterocycles. The van der Waals surface area contributed by atoms with Crippen LogP contribution in [0.4, 0.5) is 17.1 Å². The molecule has 8 rings (SSSR count). The predicted molar refractivity (Wildman–Crippen MR) is 205 cm³/mol. The van der Waals surface area contributed by atoms with Crippen molar-refractivity contribution in [2.45, 2.75) is 50.2 Å². The van der Waals surface area contributed by atoms with Gasteiger partial charge in [0.05, 0.1) is 44.8 Å². The molecule has 0 aliphatic carbocycles. The van der Waals surface area contributed by atoms with Gasteiger partial charge < -0.3 is 24.2 Å². The monoisotopic (exact) mass is 710 g/mol. The number of hydrogen-bond donors (Lipinski definition) is 1. The highest BCUT2D eigenvalue weighted by atomic mass is 28.3. The van der Waals surface area contributed by atoms with Crippen LogP contribution in [0.3, 0.4) is 0 Å². The average molecular weight is 711 g/mol. The zero-order valence-corrected chi connectivity index (χ0v) is 30.8. The fourth-order valence-electron chi connectivity index (χ4n) is 8.82. The fraction of sp³-hybridized carbons (Fsp3) is 0.256. The van der Waals surface area contributed by atoms with E-state index in [1.54, 1.807) is 24.1 Å². The van der Waals surface area contributed by atoms with Crippen molar-refractivity contribution in [1.82, 2.24) is 0 Å². The molecule has 264 valence electrons. The molecular formula is C43H42N2O6Si. The Labute approximate surface area is 305 Å². The van der Waals surface area contributed by atoms with Gasteiger partial charge in [0.1, 0.15) is 11.5 Å². The van der Waals surface area contributed by atoms with Crippen LogP contribution in [-0.2, 0) is 21.7 Å². The van der Waals surface area contributed by atoms with E-state index in [9.17, 15) is 14.7 Å². The van der Waals surface area contributed by atoms with E-state index in [4.69, 9.17) is 14.2 Å².